The lowest BCUT2D eigenvalue weighted by atomic mass is 10.1. The highest BCUT2D eigenvalue weighted by Crippen LogP contribution is 2.23. The number of hydrogen-bond acceptors (Lipinski definition) is 2. The first kappa shape index (κ1) is 12.6. The molecule has 1 saturated heterocycles. The summed E-state index contributed by atoms with van der Waals surface area (Å²) in [5.74, 6) is -3.36. The first-order valence-corrected chi connectivity index (χ1v) is 4.15. The van der Waals surface area contributed by atoms with Gasteiger partial charge in [0.25, 0.3) is 0 Å². The van der Waals surface area contributed by atoms with Crippen LogP contribution >= 0.6 is 12.4 Å². The van der Waals surface area contributed by atoms with Gasteiger partial charge in [0.15, 0.2) is 11.6 Å². The zero-order chi connectivity index (χ0) is 11.0. The maximum absolute atomic E-state index is 13.2. The molecule has 1 fully saturated rings. The molecule has 1 heterocycles. The van der Waals surface area contributed by atoms with E-state index in [9.17, 15) is 18.0 Å². The molecule has 0 unspecified atom stereocenters. The van der Waals surface area contributed by atoms with Crippen LogP contribution in [0.5, 0.6) is 0 Å². The molecule has 0 radical (unpaired) electrons. The Hall–Kier alpha value is -1.43. The molecule has 0 spiro atoms. The van der Waals surface area contributed by atoms with Crippen molar-refractivity contribution in [2.75, 3.05) is 6.61 Å². The molecule has 1 aliphatic rings. The molecule has 1 N–H and O–H groups in total. The van der Waals surface area contributed by atoms with Gasteiger partial charge >= 0.3 is 6.09 Å². The second kappa shape index (κ2) is 4.61. The van der Waals surface area contributed by atoms with Crippen LogP contribution in [0.1, 0.15) is 11.6 Å². The van der Waals surface area contributed by atoms with Gasteiger partial charge < -0.3 is 10.1 Å². The van der Waals surface area contributed by atoms with Gasteiger partial charge in [0.05, 0.1) is 6.04 Å². The Labute approximate surface area is 95.0 Å². The summed E-state index contributed by atoms with van der Waals surface area (Å²) in [6.07, 6.45) is -0.732. The third-order valence-electron chi connectivity index (χ3n) is 2.07. The number of benzene rings is 1. The molecule has 0 aliphatic carbocycles. The summed E-state index contributed by atoms with van der Waals surface area (Å²) in [6, 6.07) is 0.428. The van der Waals surface area contributed by atoms with Crippen molar-refractivity contribution in [3.8, 4) is 0 Å². The van der Waals surface area contributed by atoms with Crippen molar-refractivity contribution in [3.63, 3.8) is 0 Å². The zero-order valence-corrected chi connectivity index (χ0v) is 8.61. The minimum absolute atomic E-state index is 0. The van der Waals surface area contributed by atoms with Gasteiger partial charge in [0.2, 0.25) is 0 Å². The zero-order valence-electron chi connectivity index (χ0n) is 7.80. The highest BCUT2D eigenvalue weighted by molar-refractivity contribution is 5.85. The average Bonchev–Trinajstić information content (AvgIpc) is 2.58. The van der Waals surface area contributed by atoms with E-state index in [4.69, 9.17) is 0 Å². The predicted octanol–water partition coefficient (Wildman–Crippen LogP) is 2.31. The normalized spacial score (nSPS) is 18.7. The Balaban J connectivity index is 0.00000128. The van der Waals surface area contributed by atoms with E-state index in [2.05, 4.69) is 10.1 Å². The van der Waals surface area contributed by atoms with Crippen LogP contribution in [0.2, 0.25) is 0 Å². The first-order chi connectivity index (χ1) is 7.08. The molecule has 7 heteroatoms. The molecular formula is C9H7ClF3NO2. The molecule has 3 nitrogen and oxygen atoms in total. The summed E-state index contributed by atoms with van der Waals surface area (Å²) in [5, 5.41) is 2.23. The van der Waals surface area contributed by atoms with E-state index in [-0.39, 0.29) is 24.6 Å². The lowest BCUT2D eigenvalue weighted by Gasteiger charge is -2.09. The predicted molar refractivity (Wildman–Crippen MR) is 50.8 cm³/mol. The van der Waals surface area contributed by atoms with Gasteiger partial charge in [-0.15, -0.1) is 12.4 Å². The van der Waals surface area contributed by atoms with Crippen LogP contribution in [0.4, 0.5) is 18.0 Å². The largest absolute Gasteiger partial charge is 0.447 e. The SMILES string of the molecule is Cl.O=C1N[C@H](c2cc(F)cc(F)c2F)CO1. The minimum atomic E-state index is -1.29. The third kappa shape index (κ3) is 2.21. The highest BCUT2D eigenvalue weighted by Gasteiger charge is 2.28. The summed E-state index contributed by atoms with van der Waals surface area (Å²) in [6.45, 7) is -0.140. The lowest BCUT2D eigenvalue weighted by molar-refractivity contribution is 0.176. The van der Waals surface area contributed by atoms with Gasteiger partial charge in [-0.3, -0.25) is 0 Å². The fourth-order valence-corrected chi connectivity index (χ4v) is 1.38. The number of cyclic esters (lactones) is 1. The monoisotopic (exact) mass is 253 g/mol. The standard InChI is InChI=1S/C9H6F3NO2.ClH/c10-4-1-5(8(12)6(11)2-4)7-3-15-9(14)13-7;/h1-2,7H,3H2,(H,13,14);1H/t7-;/m0./s1. The molecule has 1 atom stereocenters. The molecule has 0 aromatic heterocycles. The Morgan fingerprint density at radius 2 is 2.00 bits per heavy atom. The van der Waals surface area contributed by atoms with Gasteiger partial charge in [-0.2, -0.15) is 0 Å². The number of carbonyl (C=O) groups excluding carboxylic acids is 1. The smallest absolute Gasteiger partial charge is 0.407 e. The summed E-state index contributed by atoms with van der Waals surface area (Å²) < 4.78 is 43.3. The Kier molecular flexibility index (Phi) is 3.64. The van der Waals surface area contributed by atoms with E-state index in [0.717, 1.165) is 6.07 Å². The quantitative estimate of drug-likeness (QED) is 0.780. The van der Waals surface area contributed by atoms with Crippen molar-refractivity contribution in [3.05, 3.63) is 35.1 Å². The van der Waals surface area contributed by atoms with E-state index in [1.54, 1.807) is 0 Å². The maximum Gasteiger partial charge on any atom is 0.407 e. The molecule has 1 aliphatic heterocycles. The van der Waals surface area contributed by atoms with Crippen molar-refractivity contribution in [2.45, 2.75) is 6.04 Å². The van der Waals surface area contributed by atoms with Crippen molar-refractivity contribution in [1.82, 2.24) is 5.32 Å². The average molecular weight is 254 g/mol. The molecule has 16 heavy (non-hydrogen) atoms. The molecule has 1 aromatic carbocycles. The first-order valence-electron chi connectivity index (χ1n) is 4.15. The number of rotatable bonds is 1. The fourth-order valence-electron chi connectivity index (χ4n) is 1.38. The van der Waals surface area contributed by atoms with Crippen LogP contribution in [-0.4, -0.2) is 12.7 Å². The van der Waals surface area contributed by atoms with Gasteiger partial charge in [0.1, 0.15) is 12.4 Å². The number of ether oxygens (including phenoxy) is 1. The van der Waals surface area contributed by atoms with E-state index >= 15 is 0 Å². The Morgan fingerprint density at radius 1 is 1.31 bits per heavy atom. The molecule has 0 bridgehead atoms. The van der Waals surface area contributed by atoms with E-state index in [1.165, 1.54) is 0 Å². The van der Waals surface area contributed by atoms with Gasteiger partial charge in [-0.1, -0.05) is 0 Å². The second-order valence-corrected chi connectivity index (χ2v) is 3.09. The Bertz CT molecular complexity index is 427. The van der Waals surface area contributed by atoms with Crippen LogP contribution in [0.3, 0.4) is 0 Å². The molecule has 88 valence electrons. The van der Waals surface area contributed by atoms with Gasteiger partial charge in [0, 0.05) is 11.6 Å². The van der Waals surface area contributed by atoms with E-state index in [0.29, 0.717) is 6.07 Å². The molecule has 0 saturated carbocycles. The van der Waals surface area contributed by atoms with Gasteiger partial charge in [-0.05, 0) is 6.07 Å². The van der Waals surface area contributed by atoms with Crippen molar-refractivity contribution in [2.24, 2.45) is 0 Å². The number of amides is 1. The third-order valence-corrected chi connectivity index (χ3v) is 2.07. The molecular weight excluding hydrogens is 247 g/mol. The van der Waals surface area contributed by atoms with E-state index in [1.807, 2.05) is 0 Å². The van der Waals surface area contributed by atoms with Gasteiger partial charge in [-0.25, -0.2) is 18.0 Å². The number of nitrogens with one attached hydrogen (secondary N) is 1. The van der Waals surface area contributed by atoms with Crippen molar-refractivity contribution < 1.29 is 22.7 Å². The van der Waals surface area contributed by atoms with Crippen LogP contribution in [0.25, 0.3) is 0 Å². The van der Waals surface area contributed by atoms with E-state index < -0.39 is 29.6 Å². The number of carbonyl (C=O) groups is 1. The van der Waals surface area contributed by atoms with Crippen LogP contribution in [0, 0.1) is 17.5 Å². The summed E-state index contributed by atoms with van der Waals surface area (Å²) in [7, 11) is 0. The highest BCUT2D eigenvalue weighted by atomic mass is 35.5. The number of halogens is 4. The number of hydrogen-bond donors (Lipinski definition) is 1. The summed E-state index contributed by atoms with van der Waals surface area (Å²) in [4.78, 5) is 10.7. The van der Waals surface area contributed by atoms with Crippen LogP contribution < -0.4 is 5.32 Å². The summed E-state index contributed by atoms with van der Waals surface area (Å²) >= 11 is 0. The van der Waals surface area contributed by atoms with Crippen molar-refractivity contribution in [1.29, 1.82) is 0 Å². The maximum atomic E-state index is 13.2. The number of alkyl carbamates (subject to hydrolysis) is 1. The van der Waals surface area contributed by atoms with Crippen molar-refractivity contribution >= 4 is 18.5 Å². The minimum Gasteiger partial charge on any atom is -0.447 e. The Morgan fingerprint density at radius 3 is 2.56 bits per heavy atom. The second-order valence-electron chi connectivity index (χ2n) is 3.09. The van der Waals surface area contributed by atoms with Crippen LogP contribution in [0.15, 0.2) is 12.1 Å². The topological polar surface area (TPSA) is 38.3 Å². The van der Waals surface area contributed by atoms with Crippen LogP contribution in [-0.2, 0) is 4.74 Å². The molecule has 1 amide bonds. The summed E-state index contributed by atoms with van der Waals surface area (Å²) in [5.41, 5.74) is -0.252. The molecule has 2 rings (SSSR count). The molecule has 1 aromatic rings. The lowest BCUT2D eigenvalue weighted by Crippen LogP contribution is -2.20. The fraction of sp³-hybridized carbons (Fsp3) is 0.222.